The van der Waals surface area contributed by atoms with Gasteiger partial charge >= 0.3 is 0 Å². The Morgan fingerprint density at radius 1 is 0.929 bits per heavy atom. The molecule has 142 valence electrons. The van der Waals surface area contributed by atoms with Crippen LogP contribution in [0, 0.1) is 5.82 Å². The predicted octanol–water partition coefficient (Wildman–Crippen LogP) is 4.41. The molecule has 0 aliphatic heterocycles. The van der Waals surface area contributed by atoms with Crippen LogP contribution in [0.2, 0.25) is 0 Å². The van der Waals surface area contributed by atoms with E-state index in [1.54, 1.807) is 60.7 Å². The van der Waals surface area contributed by atoms with Crippen LogP contribution in [0.25, 0.3) is 0 Å². The highest BCUT2D eigenvalue weighted by atomic mass is 79.9. The summed E-state index contributed by atoms with van der Waals surface area (Å²) < 4.78 is 20.1. The second kappa shape index (κ2) is 8.67. The van der Waals surface area contributed by atoms with Gasteiger partial charge in [0.1, 0.15) is 17.3 Å². The van der Waals surface area contributed by atoms with E-state index < -0.39 is 5.91 Å². The van der Waals surface area contributed by atoms with Crippen molar-refractivity contribution in [2.75, 3.05) is 0 Å². The molecule has 2 amide bonds. The van der Waals surface area contributed by atoms with E-state index in [-0.39, 0.29) is 18.3 Å². The fourth-order valence-corrected chi connectivity index (χ4v) is 2.86. The number of hydrogen-bond donors (Lipinski definition) is 2. The molecule has 0 spiro atoms. The normalized spacial score (nSPS) is 10.4. The summed E-state index contributed by atoms with van der Waals surface area (Å²) in [7, 11) is 0. The van der Waals surface area contributed by atoms with Crippen LogP contribution in [0.4, 0.5) is 4.39 Å². The van der Waals surface area contributed by atoms with Gasteiger partial charge in [0.05, 0.1) is 0 Å². The Morgan fingerprint density at radius 3 is 2.07 bits per heavy atom. The number of hydrogen-bond acceptors (Lipinski definition) is 3. The third-order valence-corrected chi connectivity index (χ3v) is 4.43. The Hall–Kier alpha value is -3.19. The van der Waals surface area contributed by atoms with E-state index >= 15 is 0 Å². The van der Waals surface area contributed by atoms with Crippen molar-refractivity contribution in [3.05, 3.63) is 93.7 Å². The quantitative estimate of drug-likeness (QED) is 0.592. The topological polar surface area (TPSA) is 81.4 Å². The molecule has 0 saturated carbocycles. The molecule has 5 nitrogen and oxygen atoms in total. The number of benzene rings is 3. The largest absolute Gasteiger partial charge is 0.457 e. The van der Waals surface area contributed by atoms with Gasteiger partial charge in [0.25, 0.3) is 5.91 Å². The summed E-state index contributed by atoms with van der Waals surface area (Å²) in [6.07, 6.45) is 0. The number of rotatable bonds is 6. The number of nitrogens with two attached hydrogens (primary N) is 1. The average molecular weight is 443 g/mol. The van der Waals surface area contributed by atoms with E-state index in [1.807, 2.05) is 0 Å². The molecule has 0 atom stereocenters. The summed E-state index contributed by atoms with van der Waals surface area (Å²) in [5, 5.41) is 2.68. The molecule has 0 radical (unpaired) electrons. The second-order valence-corrected chi connectivity index (χ2v) is 6.85. The molecule has 3 aromatic carbocycles. The lowest BCUT2D eigenvalue weighted by Crippen LogP contribution is -2.23. The zero-order chi connectivity index (χ0) is 20.1. The maximum atomic E-state index is 13.7. The standard InChI is InChI=1S/C21H16BrFN2O3/c22-16-5-10-19(23)15(11-16)12-25-21(27)14-3-8-18(9-4-14)28-17-6-1-13(2-7-17)20(24)26/h1-11H,12H2,(H2,24,26)(H,25,27). The summed E-state index contributed by atoms with van der Waals surface area (Å²) in [6, 6.07) is 17.5. The summed E-state index contributed by atoms with van der Waals surface area (Å²) >= 11 is 3.28. The molecular formula is C21H16BrFN2O3. The highest BCUT2D eigenvalue weighted by Gasteiger charge is 2.09. The van der Waals surface area contributed by atoms with Gasteiger partial charge in [-0.3, -0.25) is 9.59 Å². The van der Waals surface area contributed by atoms with Crippen molar-refractivity contribution in [2.45, 2.75) is 6.54 Å². The number of amides is 2. The fraction of sp³-hybridized carbons (Fsp3) is 0.0476. The summed E-state index contributed by atoms with van der Waals surface area (Å²) in [5.41, 5.74) is 6.40. The maximum absolute atomic E-state index is 13.7. The number of nitrogens with one attached hydrogen (secondary N) is 1. The molecule has 0 heterocycles. The summed E-state index contributed by atoms with van der Waals surface area (Å²) in [5.74, 6) is -0.148. The van der Waals surface area contributed by atoms with Crippen molar-refractivity contribution in [1.82, 2.24) is 5.32 Å². The molecule has 0 fully saturated rings. The number of halogens is 2. The lowest BCUT2D eigenvalue weighted by atomic mass is 10.1. The number of carbonyl (C=O) groups is 2. The van der Waals surface area contributed by atoms with Crippen LogP contribution >= 0.6 is 15.9 Å². The lowest BCUT2D eigenvalue weighted by molar-refractivity contribution is 0.0949. The number of primary amides is 1. The van der Waals surface area contributed by atoms with E-state index in [0.29, 0.717) is 28.2 Å². The average Bonchev–Trinajstić information content (AvgIpc) is 2.69. The lowest BCUT2D eigenvalue weighted by Gasteiger charge is -2.09. The molecule has 0 bridgehead atoms. The highest BCUT2D eigenvalue weighted by molar-refractivity contribution is 9.10. The minimum absolute atomic E-state index is 0.0779. The maximum Gasteiger partial charge on any atom is 0.251 e. The molecule has 7 heteroatoms. The smallest absolute Gasteiger partial charge is 0.251 e. The molecule has 0 aliphatic rings. The van der Waals surface area contributed by atoms with Crippen molar-refractivity contribution in [1.29, 1.82) is 0 Å². The monoisotopic (exact) mass is 442 g/mol. The van der Waals surface area contributed by atoms with Gasteiger partial charge in [0.2, 0.25) is 5.91 Å². The van der Waals surface area contributed by atoms with E-state index in [2.05, 4.69) is 21.2 Å². The van der Waals surface area contributed by atoms with Crippen LogP contribution in [0.15, 0.2) is 71.2 Å². The minimum atomic E-state index is -0.510. The molecule has 3 aromatic rings. The Kier molecular flexibility index (Phi) is 6.06. The SMILES string of the molecule is NC(=O)c1ccc(Oc2ccc(C(=O)NCc3cc(Br)ccc3F)cc2)cc1. The first-order chi connectivity index (χ1) is 13.4. The van der Waals surface area contributed by atoms with E-state index in [4.69, 9.17) is 10.5 Å². The zero-order valence-corrected chi connectivity index (χ0v) is 16.2. The van der Waals surface area contributed by atoms with Gasteiger partial charge in [-0.05, 0) is 66.7 Å². The summed E-state index contributed by atoms with van der Waals surface area (Å²) in [4.78, 5) is 23.3. The Bertz CT molecular complexity index is 1010. The van der Waals surface area contributed by atoms with Crippen molar-refractivity contribution < 1.29 is 18.7 Å². The first-order valence-electron chi connectivity index (χ1n) is 8.32. The van der Waals surface area contributed by atoms with Crippen LogP contribution < -0.4 is 15.8 Å². The van der Waals surface area contributed by atoms with Gasteiger partial charge in [0.15, 0.2) is 0 Å². The molecular weight excluding hydrogens is 427 g/mol. The van der Waals surface area contributed by atoms with Crippen molar-refractivity contribution in [2.24, 2.45) is 5.73 Å². The van der Waals surface area contributed by atoms with E-state index in [1.165, 1.54) is 6.07 Å². The molecule has 0 unspecified atom stereocenters. The van der Waals surface area contributed by atoms with Crippen LogP contribution in [0.1, 0.15) is 26.3 Å². The molecule has 3 rings (SSSR count). The molecule has 0 aliphatic carbocycles. The first-order valence-corrected chi connectivity index (χ1v) is 9.11. The van der Waals surface area contributed by atoms with Gasteiger partial charge in [-0.2, -0.15) is 0 Å². The van der Waals surface area contributed by atoms with Gasteiger partial charge in [-0.15, -0.1) is 0 Å². The van der Waals surface area contributed by atoms with Crippen LogP contribution in [0.3, 0.4) is 0 Å². The zero-order valence-electron chi connectivity index (χ0n) is 14.6. The molecule has 3 N–H and O–H groups in total. The van der Waals surface area contributed by atoms with E-state index in [0.717, 1.165) is 4.47 Å². The van der Waals surface area contributed by atoms with Crippen LogP contribution in [-0.2, 0) is 6.54 Å². The van der Waals surface area contributed by atoms with Crippen molar-refractivity contribution in [3.63, 3.8) is 0 Å². The third kappa shape index (κ3) is 4.95. The molecule has 0 aromatic heterocycles. The van der Waals surface area contributed by atoms with Gasteiger partial charge in [0, 0.05) is 27.7 Å². The Morgan fingerprint density at radius 2 is 1.50 bits per heavy atom. The summed E-state index contributed by atoms with van der Waals surface area (Å²) in [6.45, 7) is 0.0779. The molecule has 0 saturated heterocycles. The van der Waals surface area contributed by atoms with Crippen LogP contribution in [0.5, 0.6) is 11.5 Å². The van der Waals surface area contributed by atoms with Gasteiger partial charge < -0.3 is 15.8 Å². The van der Waals surface area contributed by atoms with Crippen molar-refractivity contribution in [3.8, 4) is 11.5 Å². The third-order valence-electron chi connectivity index (χ3n) is 3.94. The van der Waals surface area contributed by atoms with Crippen LogP contribution in [-0.4, -0.2) is 11.8 Å². The number of ether oxygens (including phenoxy) is 1. The number of carbonyl (C=O) groups excluding carboxylic acids is 2. The predicted molar refractivity (Wildman–Crippen MR) is 107 cm³/mol. The Balaban J connectivity index is 1.60. The first kappa shape index (κ1) is 19.6. The minimum Gasteiger partial charge on any atom is -0.457 e. The van der Waals surface area contributed by atoms with Gasteiger partial charge in [-0.25, -0.2) is 4.39 Å². The van der Waals surface area contributed by atoms with Crippen molar-refractivity contribution >= 4 is 27.7 Å². The fourth-order valence-electron chi connectivity index (χ4n) is 2.45. The molecule has 28 heavy (non-hydrogen) atoms. The highest BCUT2D eigenvalue weighted by Crippen LogP contribution is 2.22. The van der Waals surface area contributed by atoms with E-state index in [9.17, 15) is 14.0 Å². The second-order valence-electron chi connectivity index (χ2n) is 5.93. The Labute approximate surface area is 169 Å². The van der Waals surface area contributed by atoms with Gasteiger partial charge in [-0.1, -0.05) is 15.9 Å².